The lowest BCUT2D eigenvalue weighted by molar-refractivity contribution is -0.144. The Balaban J connectivity index is 0.000000235. The highest BCUT2D eigenvalue weighted by Crippen LogP contribution is 2.28. The molecular formula is C14H20N4O3. The number of carbonyl (C=O) groups is 3. The normalized spacial score (nSPS) is 16.2. The highest BCUT2D eigenvalue weighted by molar-refractivity contribution is 6.19. The van der Waals surface area contributed by atoms with Crippen LogP contribution < -0.4 is 21.9 Å². The number of barbiturate groups is 1. The van der Waals surface area contributed by atoms with Crippen LogP contribution in [0.1, 0.15) is 26.7 Å². The van der Waals surface area contributed by atoms with Gasteiger partial charge in [0.1, 0.15) is 5.41 Å². The van der Waals surface area contributed by atoms with Gasteiger partial charge in [0.25, 0.3) is 0 Å². The predicted octanol–water partition coefficient (Wildman–Crippen LogP) is 1.13. The van der Waals surface area contributed by atoms with Crippen LogP contribution in [0.3, 0.4) is 0 Å². The Bertz CT molecular complexity index is 490. The molecule has 1 aliphatic heterocycles. The van der Waals surface area contributed by atoms with Crippen LogP contribution in [0.5, 0.6) is 0 Å². The number of imide groups is 2. The Morgan fingerprint density at radius 1 is 1.00 bits per heavy atom. The molecule has 1 heterocycles. The van der Waals surface area contributed by atoms with Gasteiger partial charge in [-0.05, 0) is 25.0 Å². The summed E-state index contributed by atoms with van der Waals surface area (Å²) in [4.78, 5) is 33.6. The number of para-hydroxylation sites is 1. The number of amides is 4. The molecule has 7 heteroatoms. The van der Waals surface area contributed by atoms with E-state index in [1.165, 1.54) is 0 Å². The lowest BCUT2D eigenvalue weighted by Gasteiger charge is -2.31. The van der Waals surface area contributed by atoms with Crippen LogP contribution in [0.4, 0.5) is 10.5 Å². The van der Waals surface area contributed by atoms with Crippen molar-refractivity contribution in [3.8, 4) is 0 Å². The molecular weight excluding hydrogens is 272 g/mol. The van der Waals surface area contributed by atoms with Gasteiger partial charge in [0, 0.05) is 5.69 Å². The van der Waals surface area contributed by atoms with Gasteiger partial charge in [0.05, 0.1) is 0 Å². The minimum Gasteiger partial charge on any atom is -0.324 e. The van der Waals surface area contributed by atoms with E-state index < -0.39 is 23.3 Å². The van der Waals surface area contributed by atoms with Crippen LogP contribution in [0.15, 0.2) is 30.3 Å². The number of nitrogens with one attached hydrogen (secondary N) is 3. The summed E-state index contributed by atoms with van der Waals surface area (Å²) >= 11 is 0. The Labute approximate surface area is 123 Å². The van der Waals surface area contributed by atoms with Crippen LogP contribution in [0.2, 0.25) is 0 Å². The van der Waals surface area contributed by atoms with Crippen LogP contribution in [-0.4, -0.2) is 17.8 Å². The highest BCUT2D eigenvalue weighted by atomic mass is 16.2. The standard InChI is InChI=1S/C8H12N2O3.C6H8N2/c1-3-8(4-2)5(11)9-7(13)10-6(8)12;7-8-6-4-2-1-3-5-6/h3-4H2,1-2H3,(H2,9,10,11,12,13);1-5,8H,7H2. The van der Waals surface area contributed by atoms with Crippen molar-refractivity contribution >= 4 is 23.5 Å². The smallest absolute Gasteiger partial charge is 0.324 e. The number of nitrogens with two attached hydrogens (primary N) is 1. The molecule has 0 atom stereocenters. The van der Waals surface area contributed by atoms with Gasteiger partial charge in [0.15, 0.2) is 0 Å². The van der Waals surface area contributed by atoms with Crippen LogP contribution in [-0.2, 0) is 9.59 Å². The Morgan fingerprint density at radius 3 is 1.81 bits per heavy atom. The van der Waals surface area contributed by atoms with Crippen molar-refractivity contribution in [2.45, 2.75) is 26.7 Å². The number of hydrogen-bond acceptors (Lipinski definition) is 5. The molecule has 21 heavy (non-hydrogen) atoms. The first-order chi connectivity index (χ1) is 10.00. The first kappa shape index (κ1) is 16.6. The number of hydrogen-bond donors (Lipinski definition) is 4. The van der Waals surface area contributed by atoms with E-state index in [1.807, 2.05) is 30.3 Å². The van der Waals surface area contributed by atoms with Crippen LogP contribution in [0, 0.1) is 5.41 Å². The molecule has 0 unspecified atom stereocenters. The molecule has 0 spiro atoms. The highest BCUT2D eigenvalue weighted by Gasteiger charge is 2.47. The summed E-state index contributed by atoms with van der Waals surface area (Å²) in [5.74, 6) is 4.11. The molecule has 1 aliphatic rings. The van der Waals surface area contributed by atoms with Gasteiger partial charge in [-0.3, -0.25) is 26.1 Å². The molecule has 0 saturated carbocycles. The molecule has 1 aromatic carbocycles. The lowest BCUT2D eigenvalue weighted by Crippen LogP contribution is -2.61. The molecule has 2 rings (SSSR count). The summed E-state index contributed by atoms with van der Waals surface area (Å²) in [6.07, 6.45) is 0.795. The van der Waals surface area contributed by atoms with E-state index in [-0.39, 0.29) is 0 Å². The SMILES string of the molecule is CCC1(CC)C(=O)NC(=O)NC1=O.NNc1ccccc1. The van der Waals surface area contributed by atoms with Gasteiger partial charge in [-0.15, -0.1) is 0 Å². The molecule has 5 N–H and O–H groups in total. The van der Waals surface area contributed by atoms with E-state index >= 15 is 0 Å². The van der Waals surface area contributed by atoms with Crippen molar-refractivity contribution in [2.75, 3.05) is 5.43 Å². The third-order valence-corrected chi connectivity index (χ3v) is 3.47. The zero-order valence-electron chi connectivity index (χ0n) is 12.1. The Kier molecular flexibility index (Phi) is 5.86. The minimum absolute atomic E-state index is 0.397. The fourth-order valence-corrected chi connectivity index (χ4v) is 2.01. The number of anilines is 1. The summed E-state index contributed by atoms with van der Waals surface area (Å²) in [6, 6.07) is 8.87. The monoisotopic (exact) mass is 292 g/mol. The molecule has 0 radical (unpaired) electrons. The van der Waals surface area contributed by atoms with Crippen molar-refractivity contribution in [3.05, 3.63) is 30.3 Å². The van der Waals surface area contributed by atoms with Crippen molar-refractivity contribution in [3.63, 3.8) is 0 Å². The zero-order chi connectivity index (χ0) is 15.9. The second-order valence-electron chi connectivity index (χ2n) is 4.54. The van der Waals surface area contributed by atoms with Gasteiger partial charge in [-0.1, -0.05) is 32.0 Å². The largest absolute Gasteiger partial charge is 0.328 e. The quantitative estimate of drug-likeness (QED) is 0.379. The fourth-order valence-electron chi connectivity index (χ4n) is 2.01. The topological polar surface area (TPSA) is 113 Å². The molecule has 1 aromatic rings. The predicted molar refractivity (Wildman–Crippen MR) is 78.9 cm³/mol. The van der Waals surface area contributed by atoms with Gasteiger partial charge < -0.3 is 5.43 Å². The Hall–Kier alpha value is -2.41. The average molecular weight is 292 g/mol. The first-order valence-electron chi connectivity index (χ1n) is 6.68. The second-order valence-corrected chi connectivity index (χ2v) is 4.54. The number of rotatable bonds is 3. The molecule has 4 amide bonds. The summed E-state index contributed by atoms with van der Waals surface area (Å²) in [5.41, 5.74) is 2.40. The molecule has 0 aromatic heterocycles. The molecule has 7 nitrogen and oxygen atoms in total. The Morgan fingerprint density at radius 2 is 1.48 bits per heavy atom. The maximum Gasteiger partial charge on any atom is 0.328 e. The third kappa shape index (κ3) is 3.79. The molecule has 1 fully saturated rings. The second kappa shape index (κ2) is 7.39. The van der Waals surface area contributed by atoms with Crippen LogP contribution >= 0.6 is 0 Å². The van der Waals surface area contributed by atoms with E-state index in [0.29, 0.717) is 12.8 Å². The molecule has 0 bridgehead atoms. The number of benzene rings is 1. The summed E-state index contributed by atoms with van der Waals surface area (Å²) < 4.78 is 0. The van der Waals surface area contributed by atoms with E-state index in [9.17, 15) is 14.4 Å². The van der Waals surface area contributed by atoms with Crippen molar-refractivity contribution in [2.24, 2.45) is 11.3 Å². The van der Waals surface area contributed by atoms with E-state index in [2.05, 4.69) is 16.1 Å². The number of urea groups is 1. The van der Waals surface area contributed by atoms with Crippen molar-refractivity contribution in [1.29, 1.82) is 0 Å². The van der Waals surface area contributed by atoms with Crippen LogP contribution in [0.25, 0.3) is 0 Å². The van der Waals surface area contributed by atoms with Gasteiger partial charge in [-0.25, -0.2) is 4.79 Å². The van der Waals surface area contributed by atoms with Gasteiger partial charge >= 0.3 is 6.03 Å². The van der Waals surface area contributed by atoms with Crippen molar-refractivity contribution in [1.82, 2.24) is 10.6 Å². The fraction of sp³-hybridized carbons (Fsp3) is 0.357. The van der Waals surface area contributed by atoms with Gasteiger partial charge in [-0.2, -0.15) is 0 Å². The molecule has 114 valence electrons. The van der Waals surface area contributed by atoms with Gasteiger partial charge in [0.2, 0.25) is 11.8 Å². The van der Waals surface area contributed by atoms with Crippen molar-refractivity contribution < 1.29 is 14.4 Å². The summed E-state index contributed by atoms with van der Waals surface area (Å²) in [7, 11) is 0. The molecule has 0 aliphatic carbocycles. The number of nitrogen functional groups attached to an aromatic ring is 1. The zero-order valence-corrected chi connectivity index (χ0v) is 12.1. The third-order valence-electron chi connectivity index (χ3n) is 3.47. The van der Waals surface area contributed by atoms with E-state index in [0.717, 1.165) is 5.69 Å². The lowest BCUT2D eigenvalue weighted by atomic mass is 9.79. The first-order valence-corrected chi connectivity index (χ1v) is 6.68. The maximum absolute atomic E-state index is 11.4. The minimum atomic E-state index is -1.06. The molecule has 1 saturated heterocycles. The van der Waals surface area contributed by atoms with E-state index in [4.69, 9.17) is 5.84 Å². The summed E-state index contributed by atoms with van der Waals surface area (Å²) in [6.45, 7) is 3.50. The summed E-state index contributed by atoms with van der Waals surface area (Å²) in [5, 5.41) is 4.19. The average Bonchev–Trinajstić information content (AvgIpc) is 2.49. The number of carbonyl (C=O) groups excluding carboxylic acids is 3. The van der Waals surface area contributed by atoms with E-state index in [1.54, 1.807) is 13.8 Å². The number of hydrazine groups is 1. The maximum atomic E-state index is 11.4.